The Balaban J connectivity index is 0.00000300. The fourth-order valence-corrected chi connectivity index (χ4v) is 3.16. The van der Waals surface area contributed by atoms with E-state index in [2.05, 4.69) is 15.6 Å². The van der Waals surface area contributed by atoms with Gasteiger partial charge in [0.25, 0.3) is 0 Å². The maximum atomic E-state index is 14.0. The Kier molecular flexibility index (Phi) is 7.88. The SMILES string of the molecule is CN=C(Nc1cc(OC)c(OC)c(OC)c1)NC1CC1c1c(F)cccc1F.I. The molecule has 6 nitrogen and oxygen atoms in total. The Bertz CT molecular complexity index is 850. The van der Waals surface area contributed by atoms with E-state index in [4.69, 9.17) is 14.2 Å². The fourth-order valence-electron chi connectivity index (χ4n) is 3.16. The smallest absolute Gasteiger partial charge is 0.203 e. The maximum Gasteiger partial charge on any atom is 0.203 e. The van der Waals surface area contributed by atoms with Gasteiger partial charge in [-0.25, -0.2) is 8.78 Å². The molecule has 0 aromatic heterocycles. The molecule has 0 radical (unpaired) electrons. The van der Waals surface area contributed by atoms with Crippen LogP contribution < -0.4 is 24.8 Å². The summed E-state index contributed by atoms with van der Waals surface area (Å²) in [7, 11) is 6.22. The molecule has 29 heavy (non-hydrogen) atoms. The normalized spacial score (nSPS) is 17.8. The van der Waals surface area contributed by atoms with Gasteiger partial charge in [0.15, 0.2) is 17.5 Å². The second-order valence-electron chi connectivity index (χ2n) is 6.34. The van der Waals surface area contributed by atoms with Gasteiger partial charge in [-0.2, -0.15) is 0 Å². The summed E-state index contributed by atoms with van der Waals surface area (Å²) in [5, 5.41) is 6.33. The monoisotopic (exact) mass is 519 g/mol. The van der Waals surface area contributed by atoms with Gasteiger partial charge in [-0.15, -0.1) is 24.0 Å². The summed E-state index contributed by atoms with van der Waals surface area (Å²) in [6.07, 6.45) is 0.619. The zero-order chi connectivity index (χ0) is 20.3. The average Bonchev–Trinajstić information content (AvgIpc) is 3.44. The van der Waals surface area contributed by atoms with Crippen molar-refractivity contribution in [2.24, 2.45) is 4.99 Å². The molecule has 158 valence electrons. The van der Waals surface area contributed by atoms with Crippen LogP contribution in [0.4, 0.5) is 14.5 Å². The highest BCUT2D eigenvalue weighted by molar-refractivity contribution is 14.0. The van der Waals surface area contributed by atoms with Gasteiger partial charge in [0.1, 0.15) is 11.6 Å². The van der Waals surface area contributed by atoms with E-state index in [-0.39, 0.29) is 41.5 Å². The van der Waals surface area contributed by atoms with Gasteiger partial charge in [-0.1, -0.05) is 6.07 Å². The first kappa shape index (κ1) is 23.0. The second-order valence-corrected chi connectivity index (χ2v) is 6.34. The molecule has 9 heteroatoms. The van der Waals surface area contributed by atoms with E-state index in [0.717, 1.165) is 0 Å². The first-order chi connectivity index (χ1) is 13.5. The number of rotatable bonds is 6. The van der Waals surface area contributed by atoms with E-state index in [1.54, 1.807) is 19.2 Å². The molecule has 2 aromatic carbocycles. The molecule has 0 amide bonds. The third-order valence-electron chi connectivity index (χ3n) is 4.63. The number of guanidine groups is 1. The van der Waals surface area contributed by atoms with E-state index in [1.807, 2.05) is 0 Å². The van der Waals surface area contributed by atoms with Crippen LogP contribution >= 0.6 is 24.0 Å². The van der Waals surface area contributed by atoms with Crippen LogP contribution in [0.2, 0.25) is 0 Å². The van der Waals surface area contributed by atoms with Gasteiger partial charge in [0, 0.05) is 42.4 Å². The minimum absolute atomic E-state index is 0. The number of nitrogens with zero attached hydrogens (tertiary/aromatic N) is 1. The van der Waals surface area contributed by atoms with Gasteiger partial charge in [0.05, 0.1) is 21.3 Å². The van der Waals surface area contributed by atoms with E-state index < -0.39 is 11.6 Å². The van der Waals surface area contributed by atoms with Crippen molar-refractivity contribution in [3.63, 3.8) is 0 Å². The van der Waals surface area contributed by atoms with Gasteiger partial charge in [-0.05, 0) is 18.6 Å². The Morgan fingerprint density at radius 3 is 2.10 bits per heavy atom. The van der Waals surface area contributed by atoms with Crippen LogP contribution in [-0.4, -0.2) is 40.4 Å². The molecule has 2 N–H and O–H groups in total. The third kappa shape index (κ3) is 5.01. The first-order valence-corrected chi connectivity index (χ1v) is 8.76. The van der Waals surface area contributed by atoms with Gasteiger partial charge in [0.2, 0.25) is 5.75 Å². The van der Waals surface area contributed by atoms with Gasteiger partial charge < -0.3 is 24.8 Å². The lowest BCUT2D eigenvalue weighted by molar-refractivity contribution is 0.324. The number of anilines is 1. The quantitative estimate of drug-likeness (QED) is 0.341. The number of halogens is 3. The third-order valence-corrected chi connectivity index (χ3v) is 4.63. The molecule has 2 unspecified atom stereocenters. The molecule has 1 fully saturated rings. The highest BCUT2D eigenvalue weighted by Gasteiger charge is 2.42. The number of benzene rings is 2. The number of methoxy groups -OCH3 is 3. The minimum atomic E-state index is -0.526. The second kappa shape index (κ2) is 9.95. The molecule has 2 aromatic rings. The van der Waals surface area contributed by atoms with Crippen molar-refractivity contribution in [3.8, 4) is 17.2 Å². The van der Waals surface area contributed by atoms with Crippen molar-refractivity contribution >= 4 is 35.6 Å². The van der Waals surface area contributed by atoms with Crippen molar-refractivity contribution < 1.29 is 23.0 Å². The molecule has 1 aliphatic rings. The molecule has 1 saturated carbocycles. The van der Waals surface area contributed by atoms with Crippen LogP contribution in [0.25, 0.3) is 0 Å². The Labute approximate surface area is 185 Å². The zero-order valence-electron chi connectivity index (χ0n) is 16.6. The predicted molar refractivity (Wildman–Crippen MR) is 119 cm³/mol. The Morgan fingerprint density at radius 1 is 1.03 bits per heavy atom. The standard InChI is InChI=1S/C20H23F2N3O3.HI/c1-23-20(24-11-8-16(26-2)19(28-4)17(9-11)27-3)25-15-10-12(15)18-13(21)6-5-7-14(18)22;/h5-9,12,15H,10H2,1-4H3,(H2,23,24,25);1H. The van der Waals surface area contributed by atoms with Crippen molar-refractivity contribution in [2.75, 3.05) is 33.7 Å². The van der Waals surface area contributed by atoms with E-state index in [1.165, 1.54) is 39.5 Å². The average molecular weight is 519 g/mol. The lowest BCUT2D eigenvalue weighted by Gasteiger charge is -2.16. The molecule has 3 rings (SSSR count). The number of ether oxygens (including phenoxy) is 3. The Morgan fingerprint density at radius 2 is 1.62 bits per heavy atom. The number of aliphatic imine (C=N–C) groups is 1. The predicted octanol–water partition coefficient (Wildman–Crippen LogP) is 4.15. The largest absolute Gasteiger partial charge is 0.493 e. The van der Waals surface area contributed by atoms with Gasteiger partial charge in [-0.3, -0.25) is 4.99 Å². The molecule has 0 spiro atoms. The van der Waals surface area contributed by atoms with Crippen LogP contribution in [0, 0.1) is 11.6 Å². The number of hydrogen-bond donors (Lipinski definition) is 2. The molecule has 0 aliphatic heterocycles. The minimum Gasteiger partial charge on any atom is -0.493 e. The topological polar surface area (TPSA) is 64.1 Å². The summed E-state index contributed by atoms with van der Waals surface area (Å²) in [6, 6.07) is 7.29. The van der Waals surface area contributed by atoms with Crippen molar-refractivity contribution in [1.29, 1.82) is 0 Å². The molecular weight excluding hydrogens is 495 g/mol. The summed E-state index contributed by atoms with van der Waals surface area (Å²) < 4.78 is 43.9. The molecule has 1 aliphatic carbocycles. The summed E-state index contributed by atoms with van der Waals surface area (Å²) in [6.45, 7) is 0. The van der Waals surface area contributed by atoms with Crippen LogP contribution in [0.15, 0.2) is 35.3 Å². The molecule has 0 bridgehead atoms. The lowest BCUT2D eigenvalue weighted by Crippen LogP contribution is -2.33. The maximum absolute atomic E-state index is 14.0. The van der Waals surface area contributed by atoms with E-state index >= 15 is 0 Å². The number of hydrogen-bond acceptors (Lipinski definition) is 4. The van der Waals surface area contributed by atoms with E-state index in [0.29, 0.717) is 35.3 Å². The lowest BCUT2D eigenvalue weighted by atomic mass is 10.1. The molecule has 2 atom stereocenters. The first-order valence-electron chi connectivity index (χ1n) is 8.76. The molecule has 0 heterocycles. The summed E-state index contributed by atoms with van der Waals surface area (Å²) in [5.41, 5.74) is 0.778. The molecular formula is C20H24F2IN3O3. The van der Waals surface area contributed by atoms with Crippen molar-refractivity contribution in [1.82, 2.24) is 5.32 Å². The fraction of sp³-hybridized carbons (Fsp3) is 0.350. The Hall–Kier alpha value is -2.30. The van der Waals surface area contributed by atoms with Crippen LogP contribution in [-0.2, 0) is 0 Å². The highest BCUT2D eigenvalue weighted by atomic mass is 127. The van der Waals surface area contributed by atoms with Crippen LogP contribution in [0.3, 0.4) is 0 Å². The van der Waals surface area contributed by atoms with Crippen molar-refractivity contribution in [2.45, 2.75) is 18.4 Å². The van der Waals surface area contributed by atoms with Crippen LogP contribution in [0.1, 0.15) is 17.9 Å². The summed E-state index contributed by atoms with van der Waals surface area (Å²) in [5.74, 6) is 0.660. The highest BCUT2D eigenvalue weighted by Crippen LogP contribution is 2.43. The number of nitrogens with one attached hydrogen (secondary N) is 2. The summed E-state index contributed by atoms with van der Waals surface area (Å²) in [4.78, 5) is 4.18. The summed E-state index contributed by atoms with van der Waals surface area (Å²) >= 11 is 0. The van der Waals surface area contributed by atoms with Gasteiger partial charge >= 0.3 is 0 Å². The molecule has 0 saturated heterocycles. The van der Waals surface area contributed by atoms with Crippen LogP contribution in [0.5, 0.6) is 17.2 Å². The van der Waals surface area contributed by atoms with E-state index in [9.17, 15) is 8.78 Å². The van der Waals surface area contributed by atoms with Crippen molar-refractivity contribution in [3.05, 3.63) is 47.5 Å². The zero-order valence-corrected chi connectivity index (χ0v) is 18.9.